The van der Waals surface area contributed by atoms with E-state index in [-0.39, 0.29) is 17.9 Å². The van der Waals surface area contributed by atoms with E-state index in [1.54, 1.807) is 25.2 Å². The molecule has 4 atom stereocenters. The average Bonchev–Trinajstić information content (AvgIpc) is 2.84. The van der Waals surface area contributed by atoms with E-state index in [1.807, 2.05) is 0 Å². The fraction of sp³-hybridized carbons (Fsp3) is 0.565. The summed E-state index contributed by atoms with van der Waals surface area (Å²) in [4.78, 5) is 48.8. The van der Waals surface area contributed by atoms with Crippen LogP contribution in [0.15, 0.2) is 35.5 Å². The van der Waals surface area contributed by atoms with Crippen molar-refractivity contribution in [2.45, 2.75) is 64.1 Å². The van der Waals surface area contributed by atoms with E-state index < -0.39 is 40.5 Å². The SMILES string of the molecule is COC(=O)C1=CC[C@@]23CC[C@H]([C@@](C)(/C=C/C=C(\C)C(=O)O)OC2=O)[C@@]3(OC(C)=O)CC1. The first-order chi connectivity index (χ1) is 14.5. The van der Waals surface area contributed by atoms with Gasteiger partial charge >= 0.3 is 23.9 Å². The number of carbonyl (C=O) groups is 4. The molecule has 0 aromatic rings. The number of cyclic esters (lactones) is 1. The Labute approximate surface area is 180 Å². The van der Waals surface area contributed by atoms with Gasteiger partial charge < -0.3 is 19.3 Å². The first kappa shape index (κ1) is 22.8. The van der Waals surface area contributed by atoms with Crippen LogP contribution in [0.4, 0.5) is 0 Å². The molecule has 0 aromatic carbocycles. The number of carboxylic acids is 1. The Morgan fingerprint density at radius 2 is 1.97 bits per heavy atom. The first-order valence-corrected chi connectivity index (χ1v) is 10.3. The summed E-state index contributed by atoms with van der Waals surface area (Å²) in [5.41, 5.74) is -2.71. The van der Waals surface area contributed by atoms with Crippen LogP contribution in [0.5, 0.6) is 0 Å². The van der Waals surface area contributed by atoms with Crippen molar-refractivity contribution in [1.82, 2.24) is 0 Å². The number of hydrogen-bond acceptors (Lipinski definition) is 7. The molecular formula is C23H28O8. The summed E-state index contributed by atoms with van der Waals surface area (Å²) in [6, 6.07) is 0. The van der Waals surface area contributed by atoms with Crippen molar-refractivity contribution >= 4 is 23.9 Å². The maximum atomic E-state index is 13.4. The van der Waals surface area contributed by atoms with E-state index in [0.717, 1.165) is 0 Å². The normalized spacial score (nSPS) is 35.0. The zero-order chi connectivity index (χ0) is 23.0. The Kier molecular flexibility index (Phi) is 5.86. The summed E-state index contributed by atoms with van der Waals surface area (Å²) in [5.74, 6) is -2.83. The molecular weight excluding hydrogens is 404 g/mol. The summed E-state index contributed by atoms with van der Waals surface area (Å²) < 4.78 is 16.7. The minimum atomic E-state index is -1.13. The van der Waals surface area contributed by atoms with Crippen LogP contribution in [0.1, 0.15) is 52.9 Å². The summed E-state index contributed by atoms with van der Waals surface area (Å²) in [6.45, 7) is 4.53. The summed E-state index contributed by atoms with van der Waals surface area (Å²) in [5, 5.41) is 9.06. The molecule has 8 nitrogen and oxygen atoms in total. The van der Waals surface area contributed by atoms with Gasteiger partial charge in [-0.2, -0.15) is 0 Å². The molecule has 1 aliphatic heterocycles. The van der Waals surface area contributed by atoms with Gasteiger partial charge in [-0.05, 0) is 52.0 Å². The van der Waals surface area contributed by atoms with E-state index in [0.29, 0.717) is 31.3 Å². The van der Waals surface area contributed by atoms with Crippen molar-refractivity contribution in [2.75, 3.05) is 7.11 Å². The lowest BCUT2D eigenvalue weighted by atomic mass is 9.62. The van der Waals surface area contributed by atoms with E-state index in [4.69, 9.17) is 19.3 Å². The van der Waals surface area contributed by atoms with Crippen LogP contribution in [-0.2, 0) is 33.4 Å². The third-order valence-corrected chi connectivity index (χ3v) is 6.97. The maximum absolute atomic E-state index is 13.4. The number of hydrogen-bond donors (Lipinski definition) is 1. The van der Waals surface area contributed by atoms with Gasteiger partial charge in [0.05, 0.1) is 7.11 Å². The predicted molar refractivity (Wildman–Crippen MR) is 109 cm³/mol. The fourth-order valence-corrected chi connectivity index (χ4v) is 5.45. The van der Waals surface area contributed by atoms with Gasteiger partial charge in [0, 0.05) is 24.0 Å². The highest BCUT2D eigenvalue weighted by atomic mass is 16.6. The number of methoxy groups -OCH3 is 1. The van der Waals surface area contributed by atoms with Crippen LogP contribution in [0.2, 0.25) is 0 Å². The van der Waals surface area contributed by atoms with Crippen LogP contribution in [-0.4, -0.2) is 47.3 Å². The van der Waals surface area contributed by atoms with Gasteiger partial charge in [0.15, 0.2) is 0 Å². The number of allylic oxidation sites excluding steroid dienone is 3. The number of aliphatic carboxylic acids is 1. The Balaban J connectivity index is 2.07. The van der Waals surface area contributed by atoms with E-state index in [2.05, 4.69) is 0 Å². The van der Waals surface area contributed by atoms with Crippen molar-refractivity contribution < 1.29 is 38.5 Å². The number of carbonyl (C=O) groups excluding carboxylic acids is 3. The summed E-state index contributed by atoms with van der Waals surface area (Å²) in [6.07, 6.45) is 8.21. The monoisotopic (exact) mass is 432 g/mol. The molecule has 0 unspecified atom stereocenters. The average molecular weight is 432 g/mol. The highest BCUT2D eigenvalue weighted by Crippen LogP contribution is 2.65. The van der Waals surface area contributed by atoms with E-state index in [9.17, 15) is 19.2 Å². The molecule has 0 amide bonds. The molecule has 3 aliphatic rings. The molecule has 1 saturated carbocycles. The quantitative estimate of drug-likeness (QED) is 0.305. The van der Waals surface area contributed by atoms with Crippen LogP contribution in [0.25, 0.3) is 0 Å². The van der Waals surface area contributed by atoms with Crippen molar-refractivity contribution in [1.29, 1.82) is 0 Å². The van der Waals surface area contributed by atoms with Gasteiger partial charge in [-0.1, -0.05) is 18.2 Å². The molecule has 1 saturated heterocycles. The maximum Gasteiger partial charge on any atom is 0.333 e. The van der Waals surface area contributed by atoms with Gasteiger partial charge in [0.1, 0.15) is 16.6 Å². The molecule has 8 heteroatoms. The number of rotatable bonds is 5. The van der Waals surface area contributed by atoms with Crippen molar-refractivity contribution in [3.63, 3.8) is 0 Å². The number of carboxylic acid groups (broad SMARTS) is 1. The van der Waals surface area contributed by atoms with Crippen LogP contribution < -0.4 is 0 Å². The van der Waals surface area contributed by atoms with E-state index >= 15 is 0 Å². The molecule has 1 N–H and O–H groups in total. The number of ether oxygens (including phenoxy) is 3. The van der Waals surface area contributed by atoms with Crippen molar-refractivity contribution in [3.8, 4) is 0 Å². The van der Waals surface area contributed by atoms with Gasteiger partial charge in [-0.3, -0.25) is 9.59 Å². The molecule has 2 fully saturated rings. The van der Waals surface area contributed by atoms with Gasteiger partial charge in [-0.25, -0.2) is 9.59 Å². The molecule has 0 radical (unpaired) electrons. The van der Waals surface area contributed by atoms with Crippen LogP contribution >= 0.6 is 0 Å². The smallest absolute Gasteiger partial charge is 0.333 e. The largest absolute Gasteiger partial charge is 0.478 e. The third-order valence-electron chi connectivity index (χ3n) is 6.97. The summed E-state index contributed by atoms with van der Waals surface area (Å²) >= 11 is 0. The lowest BCUT2D eigenvalue weighted by molar-refractivity contribution is -0.235. The molecule has 0 spiro atoms. The van der Waals surface area contributed by atoms with Crippen LogP contribution in [0.3, 0.4) is 0 Å². The molecule has 1 heterocycles. The van der Waals surface area contributed by atoms with Crippen molar-refractivity contribution in [2.24, 2.45) is 11.3 Å². The Bertz CT molecular complexity index is 913. The van der Waals surface area contributed by atoms with Gasteiger partial charge in [0.25, 0.3) is 0 Å². The van der Waals surface area contributed by atoms with Gasteiger partial charge in [-0.15, -0.1) is 0 Å². The molecule has 31 heavy (non-hydrogen) atoms. The minimum Gasteiger partial charge on any atom is -0.478 e. The molecule has 2 aliphatic carbocycles. The molecule has 0 aromatic heterocycles. The van der Waals surface area contributed by atoms with Crippen LogP contribution in [0, 0.1) is 11.3 Å². The van der Waals surface area contributed by atoms with E-state index in [1.165, 1.54) is 27.0 Å². The molecule has 3 rings (SSSR count). The summed E-state index contributed by atoms with van der Waals surface area (Å²) in [7, 11) is 1.30. The second-order valence-electron chi connectivity index (χ2n) is 8.67. The lowest BCUT2D eigenvalue weighted by Crippen LogP contribution is -2.65. The third kappa shape index (κ3) is 3.58. The fourth-order valence-electron chi connectivity index (χ4n) is 5.45. The lowest BCUT2D eigenvalue weighted by Gasteiger charge is -2.54. The predicted octanol–water partition coefficient (Wildman–Crippen LogP) is 2.87. The Hall–Kier alpha value is -2.90. The highest BCUT2D eigenvalue weighted by molar-refractivity contribution is 5.89. The minimum absolute atomic E-state index is 0.138. The number of esters is 3. The van der Waals surface area contributed by atoms with Crippen molar-refractivity contribution in [3.05, 3.63) is 35.5 Å². The highest BCUT2D eigenvalue weighted by Gasteiger charge is 2.74. The zero-order valence-electron chi connectivity index (χ0n) is 18.2. The second-order valence-corrected chi connectivity index (χ2v) is 8.67. The van der Waals surface area contributed by atoms with Gasteiger partial charge in [0.2, 0.25) is 0 Å². The first-order valence-electron chi connectivity index (χ1n) is 10.3. The molecule has 2 bridgehead atoms. The Morgan fingerprint density at radius 1 is 1.26 bits per heavy atom. The topological polar surface area (TPSA) is 116 Å². The standard InChI is InChI=1S/C23H28O8/c1-14(18(25)26)6-5-10-21(3)17-9-12-22(20(28)31-21)11-7-16(19(27)29-4)8-13-23(17,22)30-15(2)24/h5-7,10,17H,8-9,11-13H2,1-4H3,(H,25,26)/b10-5+,14-6+/t17-,21-,22-,23+/m1/s1. The zero-order valence-corrected chi connectivity index (χ0v) is 18.2. The second kappa shape index (κ2) is 7.98. The molecule has 168 valence electrons. The Morgan fingerprint density at radius 3 is 2.58 bits per heavy atom.